The molecule has 0 bridgehead atoms. The summed E-state index contributed by atoms with van der Waals surface area (Å²) >= 11 is 0. The van der Waals surface area contributed by atoms with Crippen LogP contribution >= 0.6 is 0 Å². The fourth-order valence-electron chi connectivity index (χ4n) is 0.201. The molecule has 0 radical (unpaired) electrons. The molecule has 0 saturated heterocycles. The van der Waals surface area contributed by atoms with Gasteiger partial charge in [-0.2, -0.15) is 5.26 Å². The van der Waals surface area contributed by atoms with Gasteiger partial charge < -0.3 is 4.74 Å². The Labute approximate surface area is 55.7 Å². The van der Waals surface area contributed by atoms with Crippen molar-refractivity contribution in [2.75, 3.05) is 0 Å². The molecule has 9 heavy (non-hydrogen) atoms. The van der Waals surface area contributed by atoms with Gasteiger partial charge in [-0.15, -0.1) is 0 Å². The molecule has 0 saturated carbocycles. The first kappa shape index (κ1) is 8.03. The van der Waals surface area contributed by atoms with Crippen molar-refractivity contribution in [2.45, 2.75) is 26.4 Å². The third kappa shape index (κ3) is 2.18. The van der Waals surface area contributed by atoms with Crippen LogP contribution < -0.4 is 0 Å². The summed E-state index contributed by atoms with van der Waals surface area (Å²) in [5.41, 5.74) is 0.346. The maximum Gasteiger partial charge on any atom is 0.287 e. The van der Waals surface area contributed by atoms with E-state index in [1.165, 1.54) is 0 Å². The van der Waals surface area contributed by atoms with Crippen LogP contribution in [0, 0.1) is 11.5 Å². The number of ether oxygens (including phenoxy) is 1. The topological polar surface area (TPSA) is 33.0 Å². The Morgan fingerprint density at radius 3 is 2.22 bits per heavy atom. The number of hydrogen-bond acceptors (Lipinski definition) is 2. The second kappa shape index (κ2) is 2.54. The van der Waals surface area contributed by atoms with Crippen LogP contribution in [0.15, 0.2) is 12.2 Å². The van der Waals surface area contributed by atoms with Gasteiger partial charge in [-0.3, -0.25) is 0 Å². The van der Waals surface area contributed by atoms with Crippen molar-refractivity contribution in [3.63, 3.8) is 0 Å². The van der Waals surface area contributed by atoms with Crippen molar-refractivity contribution >= 4 is 0 Å². The van der Waals surface area contributed by atoms with Gasteiger partial charge in [-0.25, -0.2) is 0 Å². The minimum Gasteiger partial charge on any atom is -0.417 e. The maximum atomic E-state index is 8.14. The molecule has 2 nitrogen and oxygen atoms in total. The molecule has 0 N–H and O–H groups in total. The summed E-state index contributed by atoms with van der Waals surface area (Å²) in [6.45, 7) is 9.11. The molecule has 0 aromatic rings. The Balaban J connectivity index is 4.06. The Morgan fingerprint density at radius 2 is 2.11 bits per heavy atom. The van der Waals surface area contributed by atoms with Gasteiger partial charge in [0, 0.05) is 0 Å². The molecule has 0 amide bonds. The number of rotatable bonds is 2. The molecule has 0 spiro atoms. The molecule has 0 unspecified atom stereocenters. The minimum atomic E-state index is -0.505. The predicted octanol–water partition coefficient (Wildman–Crippen LogP) is 1.84. The highest BCUT2D eigenvalue weighted by molar-refractivity contribution is 5.06. The zero-order chi connectivity index (χ0) is 7.49. The second-order valence-electron chi connectivity index (χ2n) is 2.48. The quantitative estimate of drug-likeness (QED) is 0.416. The lowest BCUT2D eigenvalue weighted by molar-refractivity contribution is 0.110. The van der Waals surface area contributed by atoms with Crippen LogP contribution in [0.4, 0.5) is 0 Å². The lowest BCUT2D eigenvalue weighted by Crippen LogP contribution is -2.22. The van der Waals surface area contributed by atoms with E-state index in [4.69, 9.17) is 10.00 Å². The van der Waals surface area contributed by atoms with E-state index in [0.717, 1.165) is 5.57 Å². The van der Waals surface area contributed by atoms with Crippen LogP contribution in [0.2, 0.25) is 0 Å². The van der Waals surface area contributed by atoms with Gasteiger partial charge in [0.05, 0.1) is 0 Å². The average molecular weight is 125 g/mol. The molecular weight excluding hydrogens is 114 g/mol. The highest BCUT2D eigenvalue weighted by atomic mass is 16.5. The van der Waals surface area contributed by atoms with Gasteiger partial charge in [-0.1, -0.05) is 6.58 Å². The molecule has 0 aromatic carbocycles. The maximum absolute atomic E-state index is 8.14. The highest BCUT2D eigenvalue weighted by Gasteiger charge is 2.19. The minimum absolute atomic E-state index is 0.505. The van der Waals surface area contributed by atoms with Gasteiger partial charge in [0.2, 0.25) is 0 Å². The van der Waals surface area contributed by atoms with Crippen molar-refractivity contribution in [1.29, 1.82) is 5.26 Å². The molecular formula is C7H11NO. The second-order valence-corrected chi connectivity index (χ2v) is 2.48. The van der Waals surface area contributed by atoms with Crippen LogP contribution in [-0.2, 0) is 4.74 Å². The first-order valence-corrected chi connectivity index (χ1v) is 2.74. The van der Waals surface area contributed by atoms with Crippen LogP contribution in [-0.4, -0.2) is 5.60 Å². The summed E-state index contributed by atoms with van der Waals surface area (Å²) in [5, 5.41) is 8.14. The third-order valence-electron chi connectivity index (χ3n) is 1.33. The van der Waals surface area contributed by atoms with Gasteiger partial charge in [0.1, 0.15) is 5.60 Å². The molecule has 0 aliphatic carbocycles. The summed E-state index contributed by atoms with van der Waals surface area (Å²) in [6, 6.07) is 0. The molecule has 0 aromatic heterocycles. The molecule has 50 valence electrons. The number of nitriles is 1. The molecule has 0 aliphatic rings. The molecule has 0 aliphatic heterocycles. The van der Waals surface area contributed by atoms with Gasteiger partial charge in [0.15, 0.2) is 0 Å². The normalized spacial score (nSPS) is 10.0. The molecule has 0 fully saturated rings. The van der Waals surface area contributed by atoms with Crippen molar-refractivity contribution in [1.82, 2.24) is 0 Å². The lowest BCUT2D eigenvalue weighted by atomic mass is 10.0. The standard InChI is InChI=1S/C7H11NO/c1-6(2)7(3,4)9-5-8/h1H2,2-4H3. The molecule has 0 rings (SSSR count). The summed E-state index contributed by atoms with van der Waals surface area (Å²) in [6.07, 6.45) is 1.63. The van der Waals surface area contributed by atoms with Crippen molar-refractivity contribution in [3.8, 4) is 6.26 Å². The lowest BCUT2D eigenvalue weighted by Gasteiger charge is -2.20. The van der Waals surface area contributed by atoms with E-state index in [9.17, 15) is 0 Å². The fraction of sp³-hybridized carbons (Fsp3) is 0.571. The number of hydrogen-bond donors (Lipinski definition) is 0. The van der Waals surface area contributed by atoms with E-state index >= 15 is 0 Å². The van der Waals surface area contributed by atoms with Gasteiger partial charge in [0.25, 0.3) is 6.26 Å². The summed E-state index contributed by atoms with van der Waals surface area (Å²) in [5.74, 6) is 0. The van der Waals surface area contributed by atoms with Crippen LogP contribution in [0.1, 0.15) is 20.8 Å². The predicted molar refractivity (Wildman–Crippen MR) is 35.6 cm³/mol. The van der Waals surface area contributed by atoms with E-state index in [1.54, 1.807) is 20.1 Å². The Bertz CT molecular complexity index is 153. The van der Waals surface area contributed by atoms with Crippen LogP contribution in [0.25, 0.3) is 0 Å². The van der Waals surface area contributed by atoms with Crippen molar-refractivity contribution < 1.29 is 4.74 Å². The van der Waals surface area contributed by atoms with Crippen molar-refractivity contribution in [2.24, 2.45) is 0 Å². The van der Waals surface area contributed by atoms with E-state index in [1.807, 2.05) is 6.92 Å². The molecule has 0 atom stereocenters. The smallest absolute Gasteiger partial charge is 0.287 e. The molecule has 2 heteroatoms. The number of nitrogens with zero attached hydrogens (tertiary/aromatic N) is 1. The van der Waals surface area contributed by atoms with Gasteiger partial charge in [-0.05, 0) is 26.3 Å². The van der Waals surface area contributed by atoms with E-state index in [-0.39, 0.29) is 0 Å². The summed E-state index contributed by atoms with van der Waals surface area (Å²) in [7, 11) is 0. The monoisotopic (exact) mass is 125 g/mol. The highest BCUT2D eigenvalue weighted by Crippen LogP contribution is 2.16. The first-order chi connectivity index (χ1) is 4.00. The Hall–Kier alpha value is -0.970. The fourth-order valence-corrected chi connectivity index (χ4v) is 0.201. The van der Waals surface area contributed by atoms with Crippen LogP contribution in [0.3, 0.4) is 0 Å². The zero-order valence-corrected chi connectivity index (χ0v) is 6.06. The van der Waals surface area contributed by atoms with E-state index in [0.29, 0.717) is 0 Å². The third-order valence-corrected chi connectivity index (χ3v) is 1.33. The first-order valence-electron chi connectivity index (χ1n) is 2.74. The summed E-state index contributed by atoms with van der Waals surface area (Å²) in [4.78, 5) is 0. The van der Waals surface area contributed by atoms with Crippen molar-refractivity contribution in [3.05, 3.63) is 12.2 Å². The average Bonchev–Trinajstić information content (AvgIpc) is 1.65. The van der Waals surface area contributed by atoms with Crippen LogP contribution in [0.5, 0.6) is 0 Å². The Morgan fingerprint density at radius 1 is 1.67 bits per heavy atom. The Kier molecular flexibility index (Phi) is 2.27. The van der Waals surface area contributed by atoms with E-state index in [2.05, 4.69) is 6.58 Å². The SMILES string of the molecule is C=C(C)C(C)(C)OC#N. The zero-order valence-electron chi connectivity index (χ0n) is 6.06. The van der Waals surface area contributed by atoms with E-state index < -0.39 is 5.60 Å². The molecule has 0 heterocycles. The van der Waals surface area contributed by atoms with Gasteiger partial charge >= 0.3 is 0 Å². The summed E-state index contributed by atoms with van der Waals surface area (Å²) < 4.78 is 4.70. The largest absolute Gasteiger partial charge is 0.417 e.